The molecule has 0 aliphatic heterocycles. The Morgan fingerprint density at radius 1 is 1.27 bits per heavy atom. The number of urea groups is 1. The second-order valence-corrected chi connectivity index (χ2v) is 6.35. The first kappa shape index (κ1) is 17.8. The first-order valence-electron chi connectivity index (χ1n) is 8.84. The van der Waals surface area contributed by atoms with E-state index in [9.17, 15) is 4.79 Å². The highest BCUT2D eigenvalue weighted by Crippen LogP contribution is 2.26. The van der Waals surface area contributed by atoms with Crippen molar-refractivity contribution in [3.05, 3.63) is 48.3 Å². The molecule has 0 aliphatic rings. The average Bonchev–Trinajstić information content (AvgIpc) is 3.04. The first-order chi connectivity index (χ1) is 12.6. The van der Waals surface area contributed by atoms with E-state index < -0.39 is 0 Å². The van der Waals surface area contributed by atoms with Crippen molar-refractivity contribution in [2.45, 2.75) is 32.2 Å². The second kappa shape index (κ2) is 7.95. The second-order valence-electron chi connectivity index (χ2n) is 6.35. The number of carbonyl (C=O) groups is 1. The molecule has 2 heterocycles. The van der Waals surface area contributed by atoms with E-state index in [-0.39, 0.29) is 12.1 Å². The molecule has 1 N–H and O–H groups in total. The summed E-state index contributed by atoms with van der Waals surface area (Å²) >= 11 is 0. The van der Waals surface area contributed by atoms with Gasteiger partial charge >= 0.3 is 6.03 Å². The van der Waals surface area contributed by atoms with Crippen LogP contribution in [0.3, 0.4) is 0 Å². The van der Waals surface area contributed by atoms with Crippen LogP contribution in [0.2, 0.25) is 0 Å². The largest absolute Gasteiger partial charge is 0.322 e. The number of rotatable bonds is 6. The summed E-state index contributed by atoms with van der Waals surface area (Å²) < 4.78 is 0. The van der Waals surface area contributed by atoms with E-state index in [1.165, 1.54) is 4.80 Å². The Labute approximate surface area is 153 Å². The number of fused-ring (bicyclic) bond motifs is 1. The van der Waals surface area contributed by atoms with E-state index in [0.717, 1.165) is 30.3 Å². The van der Waals surface area contributed by atoms with Gasteiger partial charge in [0.15, 0.2) is 0 Å². The van der Waals surface area contributed by atoms with Crippen molar-refractivity contribution in [2.75, 3.05) is 12.4 Å². The maximum Gasteiger partial charge on any atom is 0.322 e. The van der Waals surface area contributed by atoms with E-state index in [4.69, 9.17) is 0 Å². The first-order valence-corrected chi connectivity index (χ1v) is 8.84. The molecule has 3 aromatic rings. The molecule has 2 aromatic heterocycles. The SMILES string of the molecule is CCCC[C@H](c1cccnc1)N(C)C(=O)Nc1cccc2nn(C)nc12. The Bertz CT molecular complexity index is 876. The van der Waals surface area contributed by atoms with Crippen molar-refractivity contribution in [1.29, 1.82) is 0 Å². The molecule has 7 heteroatoms. The number of nitrogens with one attached hydrogen (secondary N) is 1. The Morgan fingerprint density at radius 2 is 2.12 bits per heavy atom. The molecule has 0 fully saturated rings. The quantitative estimate of drug-likeness (QED) is 0.733. The summed E-state index contributed by atoms with van der Waals surface area (Å²) in [7, 11) is 3.58. The van der Waals surface area contributed by atoms with Gasteiger partial charge in [0, 0.05) is 26.5 Å². The summed E-state index contributed by atoms with van der Waals surface area (Å²) in [5.74, 6) is 0. The van der Waals surface area contributed by atoms with Gasteiger partial charge in [-0.05, 0) is 30.2 Å². The molecule has 136 valence electrons. The zero-order valence-corrected chi connectivity index (χ0v) is 15.4. The molecule has 0 bridgehead atoms. The predicted octanol–water partition coefficient (Wildman–Crippen LogP) is 3.76. The molecule has 0 radical (unpaired) electrons. The number of hydrogen-bond acceptors (Lipinski definition) is 4. The highest BCUT2D eigenvalue weighted by Gasteiger charge is 2.22. The van der Waals surface area contributed by atoms with Crippen molar-refractivity contribution in [3.8, 4) is 0 Å². The highest BCUT2D eigenvalue weighted by molar-refractivity contribution is 5.98. The van der Waals surface area contributed by atoms with Crippen LogP contribution >= 0.6 is 0 Å². The number of nitrogens with zero attached hydrogens (tertiary/aromatic N) is 5. The molecule has 0 aliphatic carbocycles. The van der Waals surface area contributed by atoms with Crippen LogP contribution in [0.4, 0.5) is 10.5 Å². The lowest BCUT2D eigenvalue weighted by Gasteiger charge is -2.28. The smallest absolute Gasteiger partial charge is 0.320 e. The van der Waals surface area contributed by atoms with E-state index in [0.29, 0.717) is 11.2 Å². The molecule has 3 rings (SSSR count). The number of unbranched alkanes of at least 4 members (excludes halogenated alkanes) is 1. The lowest BCUT2D eigenvalue weighted by Crippen LogP contribution is -2.35. The fraction of sp³-hybridized carbons (Fsp3) is 0.368. The third kappa shape index (κ3) is 3.82. The number of aryl methyl sites for hydroxylation is 1. The van der Waals surface area contributed by atoms with Crippen molar-refractivity contribution in [1.82, 2.24) is 24.9 Å². The van der Waals surface area contributed by atoms with Crippen LogP contribution in [0.25, 0.3) is 11.0 Å². The van der Waals surface area contributed by atoms with Gasteiger partial charge in [0.2, 0.25) is 0 Å². The molecule has 0 saturated carbocycles. The predicted molar refractivity (Wildman–Crippen MR) is 102 cm³/mol. The minimum absolute atomic E-state index is 0.0234. The Morgan fingerprint density at radius 3 is 2.85 bits per heavy atom. The topological polar surface area (TPSA) is 75.9 Å². The number of amides is 2. The molecule has 0 saturated heterocycles. The van der Waals surface area contributed by atoms with Gasteiger partial charge in [0.25, 0.3) is 0 Å². The van der Waals surface area contributed by atoms with Crippen LogP contribution in [-0.4, -0.2) is 38.0 Å². The van der Waals surface area contributed by atoms with Crippen LogP contribution in [0.1, 0.15) is 37.8 Å². The molecule has 26 heavy (non-hydrogen) atoms. The molecule has 0 unspecified atom stereocenters. The number of aromatic nitrogens is 4. The Kier molecular flexibility index (Phi) is 5.46. The van der Waals surface area contributed by atoms with Crippen LogP contribution in [0, 0.1) is 0 Å². The van der Waals surface area contributed by atoms with Crippen molar-refractivity contribution < 1.29 is 4.79 Å². The van der Waals surface area contributed by atoms with Gasteiger partial charge in [-0.3, -0.25) is 4.98 Å². The van der Waals surface area contributed by atoms with Gasteiger partial charge in [-0.2, -0.15) is 15.0 Å². The Balaban J connectivity index is 1.82. The summed E-state index contributed by atoms with van der Waals surface area (Å²) in [6.45, 7) is 2.15. The number of pyridine rings is 1. The van der Waals surface area contributed by atoms with E-state index in [1.54, 1.807) is 18.1 Å². The summed E-state index contributed by atoms with van der Waals surface area (Å²) in [5.41, 5.74) is 3.13. The van der Waals surface area contributed by atoms with Gasteiger partial charge in [0.1, 0.15) is 11.0 Å². The fourth-order valence-electron chi connectivity index (χ4n) is 3.04. The molecule has 0 spiro atoms. The van der Waals surface area contributed by atoms with Crippen LogP contribution < -0.4 is 5.32 Å². The fourth-order valence-corrected chi connectivity index (χ4v) is 3.04. The highest BCUT2D eigenvalue weighted by atomic mass is 16.2. The lowest BCUT2D eigenvalue weighted by molar-refractivity contribution is 0.200. The number of hydrogen-bond donors (Lipinski definition) is 1. The molecule has 1 atom stereocenters. The monoisotopic (exact) mass is 352 g/mol. The van der Waals surface area contributed by atoms with Gasteiger partial charge in [-0.15, -0.1) is 0 Å². The summed E-state index contributed by atoms with van der Waals surface area (Å²) in [5, 5.41) is 11.6. The van der Waals surface area contributed by atoms with Gasteiger partial charge in [-0.25, -0.2) is 4.79 Å². The molecular formula is C19H24N6O. The normalized spacial score (nSPS) is 12.1. The van der Waals surface area contributed by atoms with E-state index >= 15 is 0 Å². The maximum atomic E-state index is 12.9. The van der Waals surface area contributed by atoms with E-state index in [1.807, 2.05) is 43.6 Å². The molecular weight excluding hydrogens is 328 g/mol. The molecule has 7 nitrogen and oxygen atoms in total. The zero-order chi connectivity index (χ0) is 18.5. The average molecular weight is 352 g/mol. The van der Waals surface area contributed by atoms with Crippen molar-refractivity contribution in [3.63, 3.8) is 0 Å². The summed E-state index contributed by atoms with van der Waals surface area (Å²) in [6, 6.07) is 9.30. The van der Waals surface area contributed by atoms with Crippen molar-refractivity contribution in [2.24, 2.45) is 7.05 Å². The summed E-state index contributed by atoms with van der Waals surface area (Å²) in [4.78, 5) is 20.3. The standard InChI is InChI=1S/C19H24N6O/c1-4-5-11-17(14-8-7-12-20-13-14)24(2)19(26)21-15-9-6-10-16-18(15)23-25(3)22-16/h6-10,12-13,17H,4-5,11H2,1-3H3,(H,21,26)/t17-/m1/s1. The van der Waals surface area contributed by atoms with E-state index in [2.05, 4.69) is 27.4 Å². The van der Waals surface area contributed by atoms with Crippen LogP contribution in [-0.2, 0) is 7.05 Å². The van der Waals surface area contributed by atoms with Crippen molar-refractivity contribution >= 4 is 22.8 Å². The third-order valence-corrected chi connectivity index (χ3v) is 4.44. The summed E-state index contributed by atoms with van der Waals surface area (Å²) in [6.07, 6.45) is 6.58. The number of anilines is 1. The third-order valence-electron chi connectivity index (χ3n) is 4.44. The lowest BCUT2D eigenvalue weighted by atomic mass is 10.0. The van der Waals surface area contributed by atoms with Gasteiger partial charge < -0.3 is 10.2 Å². The maximum absolute atomic E-state index is 12.9. The number of carbonyl (C=O) groups excluding carboxylic acids is 1. The minimum Gasteiger partial charge on any atom is -0.320 e. The minimum atomic E-state index is -0.173. The molecule has 2 amide bonds. The Hall–Kier alpha value is -2.96. The zero-order valence-electron chi connectivity index (χ0n) is 15.4. The van der Waals surface area contributed by atoms with Gasteiger partial charge in [0.05, 0.1) is 11.7 Å². The van der Waals surface area contributed by atoms with Crippen LogP contribution in [0.5, 0.6) is 0 Å². The van der Waals surface area contributed by atoms with Gasteiger partial charge in [-0.1, -0.05) is 31.9 Å². The number of benzene rings is 1. The molecule has 1 aromatic carbocycles. The van der Waals surface area contributed by atoms with Crippen LogP contribution in [0.15, 0.2) is 42.7 Å².